The summed E-state index contributed by atoms with van der Waals surface area (Å²) in [7, 11) is 0. The lowest BCUT2D eigenvalue weighted by molar-refractivity contribution is 0.568. The van der Waals surface area contributed by atoms with Crippen LogP contribution in [0.2, 0.25) is 0 Å². The van der Waals surface area contributed by atoms with Gasteiger partial charge in [-0.2, -0.15) is 0 Å². The second-order valence-corrected chi connectivity index (χ2v) is 6.00. The summed E-state index contributed by atoms with van der Waals surface area (Å²) in [6, 6.07) is 12.6. The third-order valence-corrected chi connectivity index (χ3v) is 4.31. The maximum atomic E-state index is 14.6. The van der Waals surface area contributed by atoms with E-state index in [1.807, 2.05) is 25.1 Å². The lowest BCUT2D eigenvalue weighted by Gasteiger charge is -2.11. The van der Waals surface area contributed by atoms with Gasteiger partial charge in [-0.05, 0) is 59.9 Å². The molecule has 0 nitrogen and oxygen atoms in total. The van der Waals surface area contributed by atoms with Gasteiger partial charge in [-0.25, -0.2) is 13.2 Å². The molecule has 0 aliphatic rings. The maximum Gasteiger partial charge on any atom is 0.131 e. The van der Waals surface area contributed by atoms with Crippen molar-refractivity contribution in [3.8, 4) is 22.3 Å². The number of rotatable bonds is 3. The van der Waals surface area contributed by atoms with Crippen molar-refractivity contribution in [3.63, 3.8) is 0 Å². The molecule has 0 unspecified atom stereocenters. The first-order valence-corrected chi connectivity index (χ1v) is 7.82. The lowest BCUT2D eigenvalue weighted by atomic mass is 9.95. The SMILES string of the molecule is [CH]=Cc1ccc(-c2ccc(-c3cc(F)c(C)c(F)c3)c(F)c2)c(C)c1. The van der Waals surface area contributed by atoms with Gasteiger partial charge >= 0.3 is 0 Å². The highest BCUT2D eigenvalue weighted by atomic mass is 19.1. The molecule has 125 valence electrons. The minimum atomic E-state index is -0.692. The third-order valence-electron chi connectivity index (χ3n) is 4.31. The van der Waals surface area contributed by atoms with E-state index >= 15 is 0 Å². The molecule has 0 aliphatic heterocycles. The fraction of sp³-hybridized carbons (Fsp3) is 0.0909. The van der Waals surface area contributed by atoms with Crippen molar-refractivity contribution in [1.82, 2.24) is 0 Å². The Labute approximate surface area is 145 Å². The number of hydrogen-bond donors (Lipinski definition) is 0. The van der Waals surface area contributed by atoms with Gasteiger partial charge in [0.05, 0.1) is 0 Å². The second kappa shape index (κ2) is 6.60. The zero-order valence-electron chi connectivity index (χ0n) is 13.9. The van der Waals surface area contributed by atoms with E-state index in [0.717, 1.165) is 28.8 Å². The summed E-state index contributed by atoms with van der Waals surface area (Å²) in [5.74, 6) is -1.92. The number of aryl methyl sites for hydroxylation is 1. The van der Waals surface area contributed by atoms with E-state index in [-0.39, 0.29) is 16.7 Å². The van der Waals surface area contributed by atoms with Gasteiger partial charge in [0.15, 0.2) is 0 Å². The molecular weight excluding hydrogens is 321 g/mol. The van der Waals surface area contributed by atoms with Gasteiger partial charge in [0.1, 0.15) is 17.5 Å². The van der Waals surface area contributed by atoms with E-state index in [4.69, 9.17) is 6.58 Å². The fourth-order valence-electron chi connectivity index (χ4n) is 2.83. The van der Waals surface area contributed by atoms with E-state index in [1.54, 1.807) is 6.07 Å². The van der Waals surface area contributed by atoms with Crippen LogP contribution in [-0.2, 0) is 0 Å². The molecule has 25 heavy (non-hydrogen) atoms. The van der Waals surface area contributed by atoms with Crippen LogP contribution in [0.4, 0.5) is 13.2 Å². The summed E-state index contributed by atoms with van der Waals surface area (Å²) in [6.07, 6.45) is 1.50. The van der Waals surface area contributed by atoms with Crippen LogP contribution in [0.5, 0.6) is 0 Å². The number of hydrogen-bond acceptors (Lipinski definition) is 0. The zero-order valence-corrected chi connectivity index (χ0v) is 13.9. The molecule has 0 atom stereocenters. The molecule has 3 heteroatoms. The molecule has 0 bridgehead atoms. The Hall–Kier alpha value is -2.81. The molecule has 3 rings (SSSR count). The topological polar surface area (TPSA) is 0 Å². The largest absolute Gasteiger partial charge is 0.207 e. The second-order valence-electron chi connectivity index (χ2n) is 6.00. The molecule has 0 spiro atoms. The first kappa shape index (κ1) is 17.0. The number of halogens is 3. The van der Waals surface area contributed by atoms with Crippen molar-refractivity contribution in [2.75, 3.05) is 0 Å². The van der Waals surface area contributed by atoms with Gasteiger partial charge in [-0.15, -0.1) is 0 Å². The van der Waals surface area contributed by atoms with Gasteiger partial charge in [0.2, 0.25) is 0 Å². The van der Waals surface area contributed by atoms with Crippen molar-refractivity contribution in [2.24, 2.45) is 0 Å². The molecule has 0 saturated carbocycles. The molecule has 0 aliphatic carbocycles. The molecule has 3 aromatic carbocycles. The molecule has 0 N–H and O–H groups in total. The molecule has 3 aromatic rings. The quantitative estimate of drug-likeness (QED) is 0.512. The van der Waals surface area contributed by atoms with Gasteiger partial charge in [0.25, 0.3) is 0 Å². The molecule has 0 aromatic heterocycles. The highest BCUT2D eigenvalue weighted by Gasteiger charge is 2.13. The summed E-state index contributed by atoms with van der Waals surface area (Å²) in [5, 5.41) is 0. The lowest BCUT2D eigenvalue weighted by Crippen LogP contribution is -1.93. The Morgan fingerprint density at radius 2 is 1.32 bits per heavy atom. The van der Waals surface area contributed by atoms with Crippen LogP contribution in [0.15, 0.2) is 48.5 Å². The van der Waals surface area contributed by atoms with Crippen LogP contribution in [0, 0.1) is 37.9 Å². The average molecular weight is 337 g/mol. The van der Waals surface area contributed by atoms with Gasteiger partial charge < -0.3 is 0 Å². The Balaban J connectivity index is 2.06. The Kier molecular flexibility index (Phi) is 4.49. The highest BCUT2D eigenvalue weighted by molar-refractivity contribution is 5.74. The first-order valence-electron chi connectivity index (χ1n) is 7.82. The normalized spacial score (nSPS) is 10.8. The smallest absolute Gasteiger partial charge is 0.131 e. The van der Waals surface area contributed by atoms with Crippen LogP contribution in [0.1, 0.15) is 16.7 Å². The van der Waals surface area contributed by atoms with Crippen molar-refractivity contribution < 1.29 is 13.2 Å². The van der Waals surface area contributed by atoms with Crippen LogP contribution >= 0.6 is 0 Å². The van der Waals surface area contributed by atoms with Crippen LogP contribution in [-0.4, -0.2) is 0 Å². The minimum absolute atomic E-state index is 0.0757. The van der Waals surface area contributed by atoms with Crippen LogP contribution < -0.4 is 0 Å². The standard InChI is InChI=1S/C22H16F3/c1-4-15-5-7-18(13(2)9-15)16-6-8-19(22(25)10-16)17-11-20(23)14(3)21(24)12-17/h1,4-12H,2-3H3. The fourth-order valence-corrected chi connectivity index (χ4v) is 2.83. The molecule has 0 heterocycles. The predicted octanol–water partition coefficient (Wildman–Crippen LogP) is 6.50. The van der Waals surface area contributed by atoms with Crippen molar-refractivity contribution in [3.05, 3.63) is 89.3 Å². The van der Waals surface area contributed by atoms with Gasteiger partial charge in [-0.3, -0.25) is 0 Å². The van der Waals surface area contributed by atoms with Gasteiger partial charge in [0, 0.05) is 11.1 Å². The van der Waals surface area contributed by atoms with Crippen molar-refractivity contribution in [2.45, 2.75) is 13.8 Å². The van der Waals surface area contributed by atoms with Crippen LogP contribution in [0.25, 0.3) is 28.3 Å². The monoisotopic (exact) mass is 337 g/mol. The third kappa shape index (κ3) is 3.22. The zero-order chi connectivity index (χ0) is 18.1. The van der Waals surface area contributed by atoms with E-state index in [1.165, 1.54) is 25.1 Å². The molecule has 0 fully saturated rings. The minimum Gasteiger partial charge on any atom is -0.207 e. The summed E-state index contributed by atoms with van der Waals surface area (Å²) < 4.78 is 42.1. The van der Waals surface area contributed by atoms with E-state index in [2.05, 4.69) is 0 Å². The summed E-state index contributed by atoms with van der Waals surface area (Å²) in [5.41, 5.74) is 3.66. The van der Waals surface area contributed by atoms with Crippen LogP contribution in [0.3, 0.4) is 0 Å². The predicted molar refractivity (Wildman–Crippen MR) is 95.4 cm³/mol. The molecule has 0 amide bonds. The summed E-state index contributed by atoms with van der Waals surface area (Å²) in [6.45, 7) is 8.77. The Morgan fingerprint density at radius 1 is 0.720 bits per heavy atom. The average Bonchev–Trinajstić information content (AvgIpc) is 2.59. The summed E-state index contributed by atoms with van der Waals surface area (Å²) >= 11 is 0. The highest BCUT2D eigenvalue weighted by Crippen LogP contribution is 2.31. The molecular formula is C22H16F3. The molecule has 1 radical (unpaired) electrons. The van der Waals surface area contributed by atoms with E-state index < -0.39 is 17.5 Å². The number of benzene rings is 3. The first-order chi connectivity index (χ1) is 11.9. The van der Waals surface area contributed by atoms with Crippen molar-refractivity contribution >= 4 is 6.08 Å². The van der Waals surface area contributed by atoms with Crippen molar-refractivity contribution in [1.29, 1.82) is 0 Å². The Morgan fingerprint density at radius 3 is 1.88 bits per heavy atom. The van der Waals surface area contributed by atoms with E-state index in [0.29, 0.717) is 5.56 Å². The molecule has 0 saturated heterocycles. The van der Waals surface area contributed by atoms with E-state index in [9.17, 15) is 13.2 Å². The summed E-state index contributed by atoms with van der Waals surface area (Å²) in [4.78, 5) is 0. The van der Waals surface area contributed by atoms with Gasteiger partial charge in [-0.1, -0.05) is 43.0 Å². The Bertz CT molecular complexity index is 948. The maximum absolute atomic E-state index is 14.6.